The maximum absolute atomic E-state index is 4.66. The van der Waals surface area contributed by atoms with E-state index in [0.29, 0.717) is 26.4 Å². The Morgan fingerprint density at radius 3 is 0.625 bits per heavy atom. The highest BCUT2D eigenvalue weighted by Crippen LogP contribution is 1.66. The maximum Gasteiger partial charge on any atom is 0.0696 e. The molecule has 0 saturated carbocycles. The van der Waals surface area contributed by atoms with Crippen LogP contribution >= 0.6 is 0 Å². The number of rotatable bonds is 6. The van der Waals surface area contributed by atoms with E-state index in [9.17, 15) is 0 Å². The number of ether oxygens (including phenoxy) is 4. The summed E-state index contributed by atoms with van der Waals surface area (Å²) in [5.74, 6) is 0. The fourth-order valence-electron chi connectivity index (χ4n) is 0.333. The van der Waals surface area contributed by atoms with Crippen molar-refractivity contribution < 1.29 is 18.9 Å². The van der Waals surface area contributed by atoms with E-state index in [-0.39, 0.29) is 29.7 Å². The molecule has 0 spiro atoms. The lowest BCUT2D eigenvalue weighted by molar-refractivity contribution is 0.103. The first-order chi connectivity index (χ1) is 5.83. The first-order valence-electron chi connectivity index (χ1n) is 3.79. The van der Waals surface area contributed by atoms with E-state index in [4.69, 9.17) is 0 Å². The molecule has 0 aliphatic carbocycles. The monoisotopic (exact) mass is 244 g/mol. The highest BCUT2D eigenvalue weighted by Gasteiger charge is 1.74. The molecule has 0 N–H and O–H groups in total. The van der Waals surface area contributed by atoms with Crippen LogP contribution in [0.1, 0.15) is 29.7 Å². The Labute approximate surface area is 104 Å². The second-order valence-electron chi connectivity index (χ2n) is 1.97. The van der Waals surface area contributed by atoms with Gasteiger partial charge in [-0.2, -0.15) is 0 Å². The van der Waals surface area contributed by atoms with Gasteiger partial charge in [0.15, 0.2) is 0 Å². The minimum absolute atomic E-state index is 0. The van der Waals surface area contributed by atoms with E-state index in [2.05, 4.69) is 18.9 Å². The SMILES string of the molecule is C.C.C.C.COCCOC.COCCOC. The third-order valence-electron chi connectivity index (χ3n) is 0.983. The van der Waals surface area contributed by atoms with Crippen LogP contribution in [-0.2, 0) is 18.9 Å². The van der Waals surface area contributed by atoms with Crippen molar-refractivity contribution >= 4 is 0 Å². The quantitative estimate of drug-likeness (QED) is 0.673. The van der Waals surface area contributed by atoms with Crippen molar-refractivity contribution in [3.8, 4) is 0 Å². The van der Waals surface area contributed by atoms with Crippen LogP contribution in [0.3, 0.4) is 0 Å². The lowest BCUT2D eigenvalue weighted by Crippen LogP contribution is -1.96. The molecule has 0 aromatic rings. The van der Waals surface area contributed by atoms with E-state index >= 15 is 0 Å². The molecule has 0 aliphatic heterocycles. The average molecular weight is 244 g/mol. The Balaban J connectivity index is -0.0000000250. The topological polar surface area (TPSA) is 36.9 Å². The predicted molar refractivity (Wildman–Crippen MR) is 74.4 cm³/mol. The summed E-state index contributed by atoms with van der Waals surface area (Å²) in [4.78, 5) is 0. The fourth-order valence-corrected chi connectivity index (χ4v) is 0.333. The molecule has 0 fully saturated rings. The second kappa shape index (κ2) is 46.2. The van der Waals surface area contributed by atoms with Gasteiger partial charge in [0, 0.05) is 28.4 Å². The van der Waals surface area contributed by atoms with Crippen molar-refractivity contribution in [1.29, 1.82) is 0 Å². The van der Waals surface area contributed by atoms with Crippen molar-refractivity contribution in [3.63, 3.8) is 0 Å². The summed E-state index contributed by atoms with van der Waals surface area (Å²) in [6, 6.07) is 0. The van der Waals surface area contributed by atoms with Crippen LogP contribution in [-0.4, -0.2) is 54.9 Å². The van der Waals surface area contributed by atoms with Gasteiger partial charge >= 0.3 is 0 Å². The van der Waals surface area contributed by atoms with Crippen LogP contribution in [0.5, 0.6) is 0 Å². The second-order valence-corrected chi connectivity index (χ2v) is 1.97. The van der Waals surface area contributed by atoms with Gasteiger partial charge in [-0.25, -0.2) is 0 Å². The van der Waals surface area contributed by atoms with Crippen LogP contribution in [0.15, 0.2) is 0 Å². The molecule has 0 bridgehead atoms. The van der Waals surface area contributed by atoms with E-state index in [1.807, 2.05) is 0 Å². The average Bonchev–Trinajstić information content (AvgIpc) is 2.12. The summed E-state index contributed by atoms with van der Waals surface area (Å²) in [5.41, 5.74) is 0. The van der Waals surface area contributed by atoms with Crippen molar-refractivity contribution in [2.45, 2.75) is 29.7 Å². The Kier molecular flexibility index (Phi) is 104. The molecule has 0 saturated heterocycles. The molecular formula is C12H36O4. The molecule has 0 radical (unpaired) electrons. The maximum atomic E-state index is 4.66. The standard InChI is InChI=1S/2C4H10O2.4CH4/c2*1-5-3-4-6-2;;;;/h2*3-4H2,1-2H3;4*1H4. The van der Waals surface area contributed by atoms with Gasteiger partial charge in [0.1, 0.15) is 0 Å². The van der Waals surface area contributed by atoms with Crippen molar-refractivity contribution in [3.05, 3.63) is 0 Å². The molecule has 0 heterocycles. The first kappa shape index (κ1) is 36.0. The summed E-state index contributed by atoms with van der Waals surface area (Å²) in [5, 5.41) is 0. The van der Waals surface area contributed by atoms with Crippen LogP contribution in [0.25, 0.3) is 0 Å². The molecule has 0 aromatic heterocycles. The lowest BCUT2D eigenvalue weighted by Gasteiger charge is -1.91. The third kappa shape index (κ3) is 66.9. The summed E-state index contributed by atoms with van der Waals surface area (Å²) in [6.07, 6.45) is 0. The molecule has 0 rings (SSSR count). The van der Waals surface area contributed by atoms with E-state index < -0.39 is 0 Å². The van der Waals surface area contributed by atoms with E-state index in [1.54, 1.807) is 28.4 Å². The zero-order valence-corrected chi connectivity index (χ0v) is 8.46. The Morgan fingerprint density at radius 1 is 0.438 bits per heavy atom. The van der Waals surface area contributed by atoms with Gasteiger partial charge < -0.3 is 18.9 Å². The molecule has 0 aromatic carbocycles. The molecule has 0 unspecified atom stereocenters. The zero-order chi connectivity index (χ0) is 9.66. The molecule has 4 nitrogen and oxygen atoms in total. The first-order valence-corrected chi connectivity index (χ1v) is 3.79. The van der Waals surface area contributed by atoms with Gasteiger partial charge in [-0.05, 0) is 0 Å². The molecule has 108 valence electrons. The highest BCUT2D eigenvalue weighted by atomic mass is 16.5. The van der Waals surface area contributed by atoms with Crippen molar-refractivity contribution in [1.82, 2.24) is 0 Å². The Morgan fingerprint density at radius 2 is 0.562 bits per heavy atom. The minimum atomic E-state index is 0. The van der Waals surface area contributed by atoms with Gasteiger partial charge in [-0.3, -0.25) is 0 Å². The van der Waals surface area contributed by atoms with Crippen molar-refractivity contribution in [2.75, 3.05) is 54.9 Å². The molecule has 0 amide bonds. The van der Waals surface area contributed by atoms with E-state index in [0.717, 1.165) is 0 Å². The van der Waals surface area contributed by atoms with Crippen LogP contribution in [0, 0.1) is 0 Å². The Hall–Kier alpha value is -0.160. The minimum Gasteiger partial charge on any atom is -0.382 e. The smallest absolute Gasteiger partial charge is 0.0696 e. The predicted octanol–water partition coefficient (Wildman–Crippen LogP) is 3.10. The van der Waals surface area contributed by atoms with Crippen molar-refractivity contribution in [2.24, 2.45) is 0 Å². The zero-order valence-electron chi connectivity index (χ0n) is 8.46. The summed E-state index contributed by atoms with van der Waals surface area (Å²) in [6.45, 7) is 2.76. The van der Waals surface area contributed by atoms with Crippen LogP contribution in [0.2, 0.25) is 0 Å². The largest absolute Gasteiger partial charge is 0.382 e. The summed E-state index contributed by atoms with van der Waals surface area (Å²) >= 11 is 0. The van der Waals surface area contributed by atoms with Crippen LogP contribution in [0.4, 0.5) is 0 Å². The van der Waals surface area contributed by atoms with Gasteiger partial charge in [0.25, 0.3) is 0 Å². The number of methoxy groups -OCH3 is 4. The molecule has 0 aliphatic rings. The number of hydrogen-bond acceptors (Lipinski definition) is 4. The molecule has 0 atom stereocenters. The van der Waals surface area contributed by atoms with E-state index in [1.165, 1.54) is 0 Å². The van der Waals surface area contributed by atoms with Gasteiger partial charge in [0.2, 0.25) is 0 Å². The van der Waals surface area contributed by atoms with Gasteiger partial charge in [-0.1, -0.05) is 29.7 Å². The summed E-state index contributed by atoms with van der Waals surface area (Å²) in [7, 11) is 6.61. The Bertz CT molecular complexity index is 45.0. The molecule has 16 heavy (non-hydrogen) atoms. The highest BCUT2D eigenvalue weighted by molar-refractivity contribution is 4.18. The molecular weight excluding hydrogens is 208 g/mol. The number of hydrogen-bond donors (Lipinski definition) is 0. The van der Waals surface area contributed by atoms with Gasteiger partial charge in [-0.15, -0.1) is 0 Å². The third-order valence-corrected chi connectivity index (χ3v) is 0.983. The molecule has 4 heteroatoms. The fraction of sp³-hybridized carbons (Fsp3) is 1.00. The van der Waals surface area contributed by atoms with Crippen LogP contribution < -0.4 is 0 Å². The lowest BCUT2D eigenvalue weighted by atomic mass is 10.8. The van der Waals surface area contributed by atoms with Gasteiger partial charge in [0.05, 0.1) is 26.4 Å². The summed E-state index contributed by atoms with van der Waals surface area (Å²) < 4.78 is 18.6. The normalized spacial score (nSPS) is 6.75.